The number of hydrogen-bond donors (Lipinski definition) is 0. The van der Waals surface area contributed by atoms with Crippen LogP contribution in [0.15, 0.2) is 60.9 Å². The van der Waals surface area contributed by atoms with Gasteiger partial charge in [0.05, 0.1) is 16.1 Å². The number of benzene rings is 2. The Hall–Kier alpha value is -3.94. The number of carbonyl (C=O) groups excluding carboxylic acids is 1. The summed E-state index contributed by atoms with van der Waals surface area (Å²) in [5, 5.41) is 12.3. The number of rotatable bonds is 9. The highest BCUT2D eigenvalue weighted by Crippen LogP contribution is 2.50. The average Bonchev–Trinajstić information content (AvgIpc) is 3.19. The van der Waals surface area contributed by atoms with Crippen LogP contribution in [0.1, 0.15) is 54.7 Å². The third kappa shape index (κ3) is 3.99. The number of carbonyl (C=O) groups is 1. The van der Waals surface area contributed by atoms with Crippen molar-refractivity contribution in [2.45, 2.75) is 33.3 Å². The number of nitro benzene ring substituents is 1. The molecule has 0 N–H and O–H groups in total. The molecule has 2 heterocycles. The smallest absolute Gasteiger partial charge is 0.341 e. The standard InChI is InChI=1S/C27H30N4O4/c1-5-29(6-2)20-11-9-19(10-12-20)27(23-15-16-28-18-22(23)26(32)35-27)24-14-13-21(30(7-3)8-4)17-25(24)31(33)34/h9-18H,5-8H2,1-4H3. The van der Waals surface area contributed by atoms with E-state index in [-0.39, 0.29) is 5.69 Å². The number of nitrogens with zero attached hydrogens (tertiary/aromatic N) is 4. The van der Waals surface area contributed by atoms with Crippen molar-refractivity contribution in [2.24, 2.45) is 0 Å². The number of pyridine rings is 1. The molecule has 0 radical (unpaired) electrons. The molecule has 0 bridgehead atoms. The summed E-state index contributed by atoms with van der Waals surface area (Å²) in [4.78, 5) is 33.3. The Morgan fingerprint density at radius 1 is 0.886 bits per heavy atom. The van der Waals surface area contributed by atoms with Gasteiger partial charge >= 0.3 is 5.97 Å². The van der Waals surface area contributed by atoms with Crippen LogP contribution >= 0.6 is 0 Å². The highest BCUT2D eigenvalue weighted by molar-refractivity contribution is 5.96. The van der Waals surface area contributed by atoms with E-state index in [1.165, 1.54) is 6.20 Å². The van der Waals surface area contributed by atoms with Gasteiger partial charge in [0.2, 0.25) is 0 Å². The topological polar surface area (TPSA) is 88.8 Å². The van der Waals surface area contributed by atoms with Gasteiger partial charge in [0.1, 0.15) is 0 Å². The van der Waals surface area contributed by atoms with E-state index >= 15 is 0 Å². The summed E-state index contributed by atoms with van der Waals surface area (Å²) >= 11 is 0. The average molecular weight is 475 g/mol. The minimum Gasteiger partial charge on any atom is -0.440 e. The van der Waals surface area contributed by atoms with Crippen molar-refractivity contribution in [3.05, 3.63) is 93.3 Å². The van der Waals surface area contributed by atoms with E-state index in [9.17, 15) is 14.9 Å². The molecule has 4 rings (SSSR count). The number of hydrogen-bond acceptors (Lipinski definition) is 7. The van der Waals surface area contributed by atoms with Crippen molar-refractivity contribution in [1.82, 2.24) is 4.98 Å². The van der Waals surface area contributed by atoms with Gasteiger partial charge in [-0.15, -0.1) is 0 Å². The Balaban J connectivity index is 1.98. The van der Waals surface area contributed by atoms with Crippen LogP contribution in [0.5, 0.6) is 0 Å². The second kappa shape index (κ2) is 9.74. The normalized spacial score (nSPS) is 16.5. The van der Waals surface area contributed by atoms with Gasteiger partial charge in [0.25, 0.3) is 5.69 Å². The maximum Gasteiger partial charge on any atom is 0.341 e. The highest BCUT2D eigenvalue weighted by Gasteiger charge is 2.52. The Kier molecular flexibility index (Phi) is 6.73. The number of cyclic esters (lactones) is 1. The number of nitro groups is 1. The lowest BCUT2D eigenvalue weighted by molar-refractivity contribution is -0.386. The lowest BCUT2D eigenvalue weighted by atomic mass is 9.79. The van der Waals surface area contributed by atoms with Crippen molar-refractivity contribution in [3.8, 4) is 0 Å². The molecule has 1 unspecified atom stereocenters. The predicted molar refractivity (Wildman–Crippen MR) is 136 cm³/mol. The summed E-state index contributed by atoms with van der Waals surface area (Å²) in [5.74, 6) is -0.553. The molecule has 0 saturated heterocycles. The van der Waals surface area contributed by atoms with Gasteiger partial charge in [0, 0.05) is 67.1 Å². The Bertz CT molecular complexity index is 1240. The summed E-state index contributed by atoms with van der Waals surface area (Å²) in [5.41, 5.74) is 2.03. The molecule has 0 saturated carbocycles. The molecule has 8 nitrogen and oxygen atoms in total. The Morgan fingerprint density at radius 3 is 2.09 bits per heavy atom. The number of fused-ring (bicyclic) bond motifs is 1. The quantitative estimate of drug-likeness (QED) is 0.241. The van der Waals surface area contributed by atoms with Crippen LogP contribution in [0.4, 0.5) is 17.1 Å². The van der Waals surface area contributed by atoms with E-state index in [1.54, 1.807) is 24.4 Å². The maximum absolute atomic E-state index is 13.0. The van der Waals surface area contributed by atoms with Crippen LogP contribution < -0.4 is 9.80 Å². The first-order valence-electron chi connectivity index (χ1n) is 12.0. The predicted octanol–water partition coefficient (Wildman–Crippen LogP) is 5.14. The van der Waals surface area contributed by atoms with E-state index in [4.69, 9.17) is 4.74 Å². The van der Waals surface area contributed by atoms with Crippen LogP contribution in [0, 0.1) is 10.1 Å². The molecule has 1 aliphatic rings. The van der Waals surface area contributed by atoms with Gasteiger partial charge < -0.3 is 14.5 Å². The lowest BCUT2D eigenvalue weighted by Gasteiger charge is -2.31. The molecule has 2 aromatic carbocycles. The van der Waals surface area contributed by atoms with E-state index in [1.807, 2.05) is 49.1 Å². The number of esters is 1. The SMILES string of the molecule is CCN(CC)c1ccc(C2(c3ccc(N(CC)CC)cc3[N+](=O)[O-])OC(=O)c3cnccc32)cc1. The first-order valence-corrected chi connectivity index (χ1v) is 12.0. The van der Waals surface area contributed by atoms with Gasteiger partial charge in [-0.3, -0.25) is 15.1 Å². The van der Waals surface area contributed by atoms with Crippen molar-refractivity contribution in [3.63, 3.8) is 0 Å². The largest absolute Gasteiger partial charge is 0.440 e. The van der Waals surface area contributed by atoms with Gasteiger partial charge in [0.15, 0.2) is 5.60 Å². The van der Waals surface area contributed by atoms with E-state index in [0.29, 0.717) is 35.3 Å². The summed E-state index contributed by atoms with van der Waals surface area (Å²) < 4.78 is 6.08. The van der Waals surface area contributed by atoms with Gasteiger partial charge in [-0.2, -0.15) is 0 Å². The van der Waals surface area contributed by atoms with Crippen LogP contribution in [0.3, 0.4) is 0 Å². The lowest BCUT2D eigenvalue weighted by Crippen LogP contribution is -2.31. The van der Waals surface area contributed by atoms with E-state index in [2.05, 4.69) is 23.7 Å². The first-order chi connectivity index (χ1) is 16.9. The molecule has 3 aromatic rings. The summed E-state index contributed by atoms with van der Waals surface area (Å²) in [6.45, 7) is 11.3. The third-order valence-electron chi connectivity index (χ3n) is 6.75. The molecule has 35 heavy (non-hydrogen) atoms. The number of ether oxygens (including phenoxy) is 1. The van der Waals surface area contributed by atoms with Crippen LogP contribution in [-0.4, -0.2) is 42.1 Å². The molecule has 1 atom stereocenters. The summed E-state index contributed by atoms with van der Waals surface area (Å²) in [7, 11) is 0. The second-order valence-electron chi connectivity index (χ2n) is 8.34. The van der Waals surface area contributed by atoms with Crippen LogP contribution in [0.25, 0.3) is 0 Å². The minimum atomic E-state index is -1.46. The molecule has 0 amide bonds. The second-order valence-corrected chi connectivity index (χ2v) is 8.34. The van der Waals surface area contributed by atoms with Gasteiger partial charge in [-0.25, -0.2) is 4.79 Å². The number of anilines is 2. The van der Waals surface area contributed by atoms with Crippen molar-refractivity contribution in [1.29, 1.82) is 0 Å². The molecule has 1 aromatic heterocycles. The maximum atomic E-state index is 13.0. The fourth-order valence-corrected chi connectivity index (χ4v) is 4.93. The van der Waals surface area contributed by atoms with Crippen molar-refractivity contribution < 1.29 is 14.5 Å². The monoisotopic (exact) mass is 474 g/mol. The summed E-state index contributed by atoms with van der Waals surface area (Å²) in [6, 6.07) is 14.6. The van der Waals surface area contributed by atoms with E-state index in [0.717, 1.165) is 24.5 Å². The molecule has 182 valence electrons. The summed E-state index contributed by atoms with van der Waals surface area (Å²) in [6.07, 6.45) is 3.04. The Labute approximate surface area is 205 Å². The molecule has 0 aliphatic carbocycles. The van der Waals surface area contributed by atoms with Crippen LogP contribution in [-0.2, 0) is 10.3 Å². The fourth-order valence-electron chi connectivity index (χ4n) is 4.93. The molecule has 1 aliphatic heterocycles. The van der Waals surface area contributed by atoms with Crippen molar-refractivity contribution in [2.75, 3.05) is 36.0 Å². The van der Waals surface area contributed by atoms with Gasteiger partial charge in [-0.1, -0.05) is 12.1 Å². The number of aromatic nitrogens is 1. The fraction of sp³-hybridized carbons (Fsp3) is 0.333. The highest BCUT2D eigenvalue weighted by atomic mass is 16.6. The zero-order valence-electron chi connectivity index (χ0n) is 20.5. The molecule has 0 fully saturated rings. The zero-order valence-corrected chi connectivity index (χ0v) is 20.5. The van der Waals surface area contributed by atoms with E-state index < -0.39 is 16.5 Å². The molecule has 0 spiro atoms. The zero-order chi connectivity index (χ0) is 25.2. The van der Waals surface area contributed by atoms with Crippen LogP contribution in [0.2, 0.25) is 0 Å². The third-order valence-corrected chi connectivity index (χ3v) is 6.75. The first kappa shape index (κ1) is 24.2. The van der Waals surface area contributed by atoms with Gasteiger partial charge in [-0.05, 0) is 58.0 Å². The minimum absolute atomic E-state index is 0.0975. The Morgan fingerprint density at radius 2 is 1.49 bits per heavy atom. The van der Waals surface area contributed by atoms with Crippen molar-refractivity contribution >= 4 is 23.0 Å². The molecular weight excluding hydrogens is 444 g/mol. The molecular formula is C27H30N4O4. The molecule has 8 heteroatoms.